The van der Waals surface area contributed by atoms with Crippen molar-refractivity contribution in [3.63, 3.8) is 0 Å². The van der Waals surface area contributed by atoms with E-state index in [2.05, 4.69) is 0 Å². The zero-order valence-corrected chi connectivity index (χ0v) is 10.6. The maximum atomic E-state index is 12.2. The van der Waals surface area contributed by atoms with E-state index in [9.17, 15) is 14.7 Å². The van der Waals surface area contributed by atoms with E-state index in [4.69, 9.17) is 5.73 Å². The molecular formula is C12H22N2O3. The molecule has 0 spiro atoms. The van der Waals surface area contributed by atoms with Crippen molar-refractivity contribution in [2.24, 2.45) is 5.73 Å². The summed E-state index contributed by atoms with van der Waals surface area (Å²) in [6.45, 7) is 4.28. The summed E-state index contributed by atoms with van der Waals surface area (Å²) in [5, 5.41) is 9.36. The second-order valence-electron chi connectivity index (χ2n) is 4.68. The molecule has 1 aliphatic heterocycles. The Kier molecular flexibility index (Phi) is 4.51. The fourth-order valence-electron chi connectivity index (χ4n) is 2.58. The Morgan fingerprint density at radius 3 is 2.59 bits per heavy atom. The van der Waals surface area contributed by atoms with E-state index >= 15 is 0 Å². The summed E-state index contributed by atoms with van der Waals surface area (Å²) in [5.74, 6) is -1.12. The number of carboxylic acids is 1. The van der Waals surface area contributed by atoms with Crippen LogP contribution in [0.1, 0.15) is 46.0 Å². The number of carboxylic acid groups (broad SMARTS) is 1. The van der Waals surface area contributed by atoms with Gasteiger partial charge in [0, 0.05) is 6.54 Å². The second kappa shape index (κ2) is 5.49. The van der Waals surface area contributed by atoms with Crippen molar-refractivity contribution in [2.75, 3.05) is 6.54 Å². The van der Waals surface area contributed by atoms with Crippen LogP contribution in [-0.4, -0.2) is 40.0 Å². The number of hydrogen-bond acceptors (Lipinski definition) is 3. The van der Waals surface area contributed by atoms with Gasteiger partial charge in [0.15, 0.2) is 0 Å². The molecule has 0 aromatic rings. The van der Waals surface area contributed by atoms with Crippen molar-refractivity contribution in [1.29, 1.82) is 0 Å². The smallest absolute Gasteiger partial charge is 0.329 e. The van der Waals surface area contributed by atoms with Crippen molar-refractivity contribution >= 4 is 11.9 Å². The molecule has 1 aliphatic rings. The molecule has 0 radical (unpaired) electrons. The molecule has 5 heteroatoms. The van der Waals surface area contributed by atoms with Gasteiger partial charge in [0.1, 0.15) is 5.54 Å². The van der Waals surface area contributed by atoms with Crippen molar-refractivity contribution in [3.8, 4) is 0 Å². The number of amides is 1. The van der Waals surface area contributed by atoms with E-state index in [1.54, 1.807) is 0 Å². The fourth-order valence-corrected chi connectivity index (χ4v) is 2.58. The van der Waals surface area contributed by atoms with Crippen LogP contribution in [-0.2, 0) is 9.59 Å². The summed E-state index contributed by atoms with van der Waals surface area (Å²) in [6.07, 6.45) is 3.14. The Balaban J connectivity index is 2.88. The molecule has 1 heterocycles. The van der Waals surface area contributed by atoms with Gasteiger partial charge >= 0.3 is 5.97 Å². The predicted molar refractivity (Wildman–Crippen MR) is 64.5 cm³/mol. The first-order valence-electron chi connectivity index (χ1n) is 6.30. The standard InChI is InChI=1S/C12H22N2O3/c1-3-6-9(13)10(15)14-8-5-7-12(14,4-2)11(16)17/h9H,3-8,13H2,1-2H3,(H,16,17)/t9-,12?/m1/s1. The van der Waals surface area contributed by atoms with E-state index in [0.717, 1.165) is 12.8 Å². The first-order valence-corrected chi connectivity index (χ1v) is 6.30. The lowest BCUT2D eigenvalue weighted by Crippen LogP contribution is -2.56. The first kappa shape index (κ1) is 14.0. The van der Waals surface area contributed by atoms with Gasteiger partial charge < -0.3 is 15.7 Å². The fraction of sp³-hybridized carbons (Fsp3) is 0.833. The highest BCUT2D eigenvalue weighted by molar-refractivity contribution is 5.90. The minimum atomic E-state index is -1.03. The van der Waals surface area contributed by atoms with Gasteiger partial charge in [-0.15, -0.1) is 0 Å². The van der Waals surface area contributed by atoms with Crippen molar-refractivity contribution in [1.82, 2.24) is 4.90 Å². The number of hydrogen-bond donors (Lipinski definition) is 2. The number of nitrogens with zero attached hydrogens (tertiary/aromatic N) is 1. The molecule has 0 aromatic heterocycles. The van der Waals surface area contributed by atoms with E-state index in [0.29, 0.717) is 25.8 Å². The minimum absolute atomic E-state index is 0.214. The van der Waals surface area contributed by atoms with Gasteiger partial charge in [-0.3, -0.25) is 4.79 Å². The van der Waals surface area contributed by atoms with Crippen LogP contribution in [0.5, 0.6) is 0 Å². The number of likely N-dealkylation sites (tertiary alicyclic amines) is 1. The van der Waals surface area contributed by atoms with Crippen LogP contribution in [0.3, 0.4) is 0 Å². The van der Waals surface area contributed by atoms with E-state index in [-0.39, 0.29) is 5.91 Å². The molecule has 2 atom stereocenters. The summed E-state index contributed by atoms with van der Waals surface area (Å²) in [6, 6.07) is -0.566. The quantitative estimate of drug-likeness (QED) is 0.752. The molecule has 0 bridgehead atoms. The van der Waals surface area contributed by atoms with Crippen LogP contribution in [0.15, 0.2) is 0 Å². The molecule has 5 nitrogen and oxygen atoms in total. The number of carbonyl (C=O) groups excluding carboxylic acids is 1. The van der Waals surface area contributed by atoms with Gasteiger partial charge in [-0.1, -0.05) is 20.3 Å². The summed E-state index contributed by atoms with van der Waals surface area (Å²) in [7, 11) is 0. The lowest BCUT2D eigenvalue weighted by atomic mass is 9.92. The molecular weight excluding hydrogens is 220 g/mol. The maximum absolute atomic E-state index is 12.2. The summed E-state index contributed by atoms with van der Waals surface area (Å²) in [5.41, 5.74) is 4.77. The van der Waals surface area contributed by atoms with Crippen LogP contribution < -0.4 is 5.73 Å². The molecule has 1 saturated heterocycles. The molecule has 3 N–H and O–H groups in total. The van der Waals surface area contributed by atoms with Gasteiger partial charge in [0.25, 0.3) is 0 Å². The average molecular weight is 242 g/mol. The third-order valence-electron chi connectivity index (χ3n) is 3.65. The monoisotopic (exact) mass is 242 g/mol. The minimum Gasteiger partial charge on any atom is -0.479 e. The molecule has 0 aliphatic carbocycles. The van der Waals surface area contributed by atoms with Crippen LogP contribution in [0.25, 0.3) is 0 Å². The van der Waals surface area contributed by atoms with E-state index < -0.39 is 17.6 Å². The predicted octanol–water partition coefficient (Wildman–Crippen LogP) is 0.970. The van der Waals surface area contributed by atoms with Crippen LogP contribution in [0.2, 0.25) is 0 Å². The Morgan fingerprint density at radius 2 is 2.12 bits per heavy atom. The highest BCUT2D eigenvalue weighted by Gasteiger charge is 2.49. The number of nitrogens with two attached hydrogens (primary N) is 1. The molecule has 0 saturated carbocycles. The van der Waals surface area contributed by atoms with Gasteiger partial charge in [-0.2, -0.15) is 0 Å². The molecule has 98 valence electrons. The molecule has 1 fully saturated rings. The first-order chi connectivity index (χ1) is 7.99. The Hall–Kier alpha value is -1.10. The lowest BCUT2D eigenvalue weighted by molar-refractivity contribution is -0.157. The Morgan fingerprint density at radius 1 is 1.47 bits per heavy atom. The zero-order valence-electron chi connectivity index (χ0n) is 10.6. The topological polar surface area (TPSA) is 83.6 Å². The van der Waals surface area contributed by atoms with Crippen molar-refractivity contribution < 1.29 is 14.7 Å². The second-order valence-corrected chi connectivity index (χ2v) is 4.68. The summed E-state index contributed by atoms with van der Waals surface area (Å²) < 4.78 is 0. The molecule has 0 aromatic carbocycles. The average Bonchev–Trinajstić information content (AvgIpc) is 2.73. The zero-order chi connectivity index (χ0) is 13.1. The maximum Gasteiger partial charge on any atom is 0.329 e. The molecule has 1 unspecified atom stereocenters. The molecule has 1 rings (SSSR count). The highest BCUT2D eigenvalue weighted by atomic mass is 16.4. The number of aliphatic carboxylic acids is 1. The number of carbonyl (C=O) groups is 2. The van der Waals surface area contributed by atoms with Crippen molar-refractivity contribution in [2.45, 2.75) is 57.5 Å². The summed E-state index contributed by atoms with van der Waals surface area (Å²) >= 11 is 0. The van der Waals surface area contributed by atoms with Gasteiger partial charge in [0.2, 0.25) is 5.91 Å². The normalized spacial score (nSPS) is 25.9. The Labute approximate surface area is 102 Å². The van der Waals surface area contributed by atoms with Crippen LogP contribution in [0.4, 0.5) is 0 Å². The van der Waals surface area contributed by atoms with E-state index in [1.165, 1.54) is 4.90 Å². The largest absolute Gasteiger partial charge is 0.479 e. The van der Waals surface area contributed by atoms with Crippen LogP contribution >= 0.6 is 0 Å². The molecule has 17 heavy (non-hydrogen) atoms. The van der Waals surface area contributed by atoms with Crippen LogP contribution in [0, 0.1) is 0 Å². The summed E-state index contributed by atoms with van der Waals surface area (Å²) in [4.78, 5) is 25.0. The van der Waals surface area contributed by atoms with Gasteiger partial charge in [-0.05, 0) is 25.7 Å². The van der Waals surface area contributed by atoms with Gasteiger partial charge in [0.05, 0.1) is 6.04 Å². The van der Waals surface area contributed by atoms with Crippen molar-refractivity contribution in [3.05, 3.63) is 0 Å². The lowest BCUT2D eigenvalue weighted by Gasteiger charge is -2.35. The SMILES string of the molecule is CCC[C@@H](N)C(=O)N1CCCC1(CC)C(=O)O. The van der Waals surface area contributed by atoms with Gasteiger partial charge in [-0.25, -0.2) is 4.79 Å². The van der Waals surface area contributed by atoms with E-state index in [1.807, 2.05) is 13.8 Å². The molecule has 1 amide bonds. The highest BCUT2D eigenvalue weighted by Crippen LogP contribution is 2.33. The third-order valence-corrected chi connectivity index (χ3v) is 3.65. The Bertz CT molecular complexity index is 306. The number of rotatable bonds is 5. The third kappa shape index (κ3) is 2.44.